The van der Waals surface area contributed by atoms with E-state index in [1.165, 1.54) is 4.31 Å². The van der Waals surface area contributed by atoms with Crippen LogP contribution in [0.15, 0.2) is 21.7 Å². The summed E-state index contributed by atoms with van der Waals surface area (Å²) in [6.45, 7) is 2.48. The van der Waals surface area contributed by atoms with Crippen LogP contribution in [0.2, 0.25) is 0 Å². The zero-order valence-electron chi connectivity index (χ0n) is 11.7. The molecule has 0 fully saturated rings. The van der Waals surface area contributed by atoms with Crippen LogP contribution in [0.25, 0.3) is 0 Å². The number of nitrogens with one attached hydrogen (secondary N) is 2. The molecular weight excluding hydrogens is 296 g/mol. The summed E-state index contributed by atoms with van der Waals surface area (Å²) >= 11 is 1.55. The molecule has 0 bridgehead atoms. The molecule has 110 valence electrons. The number of nitrogens with zero attached hydrogens (tertiary/aromatic N) is 2. The number of thiophene rings is 1. The van der Waals surface area contributed by atoms with Crippen LogP contribution >= 0.6 is 11.3 Å². The largest absolute Gasteiger partial charge is 0.314 e. The van der Waals surface area contributed by atoms with Crippen molar-refractivity contribution in [2.45, 2.75) is 24.9 Å². The van der Waals surface area contributed by atoms with Gasteiger partial charge in [-0.15, -0.1) is 0 Å². The first-order valence-corrected chi connectivity index (χ1v) is 8.51. The Hall–Kier alpha value is -1.22. The number of aromatic nitrogens is 2. The lowest BCUT2D eigenvalue weighted by molar-refractivity contribution is 0.465. The number of aryl methyl sites for hydroxylation is 1. The molecule has 0 spiro atoms. The van der Waals surface area contributed by atoms with Crippen molar-refractivity contribution in [2.75, 3.05) is 14.1 Å². The number of H-pyrrole nitrogens is 1. The highest BCUT2D eigenvalue weighted by atomic mass is 32.2. The van der Waals surface area contributed by atoms with Crippen LogP contribution in [-0.4, -0.2) is 37.0 Å². The van der Waals surface area contributed by atoms with Crippen LogP contribution in [0.4, 0.5) is 0 Å². The summed E-state index contributed by atoms with van der Waals surface area (Å²) in [4.78, 5) is 0.268. The molecule has 20 heavy (non-hydrogen) atoms. The molecule has 6 nitrogen and oxygen atoms in total. The Morgan fingerprint density at radius 3 is 2.85 bits per heavy atom. The van der Waals surface area contributed by atoms with Gasteiger partial charge in [0, 0.05) is 20.1 Å². The molecule has 2 aromatic rings. The van der Waals surface area contributed by atoms with Crippen molar-refractivity contribution in [3.05, 3.63) is 33.8 Å². The highest BCUT2D eigenvalue weighted by Crippen LogP contribution is 2.23. The van der Waals surface area contributed by atoms with Crippen molar-refractivity contribution in [3.63, 3.8) is 0 Å². The molecule has 0 radical (unpaired) electrons. The van der Waals surface area contributed by atoms with Crippen molar-refractivity contribution < 1.29 is 8.42 Å². The zero-order chi connectivity index (χ0) is 14.8. The molecule has 0 atom stereocenters. The Balaban J connectivity index is 2.32. The fourth-order valence-electron chi connectivity index (χ4n) is 1.98. The molecule has 0 aliphatic carbocycles. The van der Waals surface area contributed by atoms with E-state index in [-0.39, 0.29) is 4.90 Å². The first-order chi connectivity index (χ1) is 9.46. The van der Waals surface area contributed by atoms with E-state index in [2.05, 4.69) is 15.5 Å². The lowest BCUT2D eigenvalue weighted by atomic mass is 10.3. The normalized spacial score (nSPS) is 12.2. The first-order valence-electron chi connectivity index (χ1n) is 6.12. The van der Waals surface area contributed by atoms with Gasteiger partial charge in [0.05, 0.1) is 11.4 Å². The summed E-state index contributed by atoms with van der Waals surface area (Å²) in [5, 5.41) is 13.6. The maximum Gasteiger partial charge on any atom is 0.246 e. The third-order valence-electron chi connectivity index (χ3n) is 2.96. The quantitative estimate of drug-likeness (QED) is 0.843. The van der Waals surface area contributed by atoms with E-state index in [0.717, 1.165) is 5.56 Å². The predicted molar refractivity (Wildman–Crippen MR) is 79.1 cm³/mol. The Kier molecular flexibility index (Phi) is 4.59. The van der Waals surface area contributed by atoms with Gasteiger partial charge in [-0.1, -0.05) is 0 Å². The minimum absolute atomic E-state index is 0.268. The molecule has 2 N–H and O–H groups in total. The van der Waals surface area contributed by atoms with Crippen LogP contribution in [0.3, 0.4) is 0 Å². The van der Waals surface area contributed by atoms with Gasteiger partial charge in [0.1, 0.15) is 4.90 Å². The molecular formula is C12H18N4O2S2. The van der Waals surface area contributed by atoms with Crippen molar-refractivity contribution in [1.82, 2.24) is 19.8 Å². The second-order valence-corrected chi connectivity index (χ2v) is 7.31. The van der Waals surface area contributed by atoms with Crippen molar-refractivity contribution in [2.24, 2.45) is 0 Å². The lowest BCUT2D eigenvalue weighted by Crippen LogP contribution is -2.28. The number of aromatic amines is 1. The highest BCUT2D eigenvalue weighted by molar-refractivity contribution is 7.89. The second kappa shape index (κ2) is 6.04. The van der Waals surface area contributed by atoms with E-state index in [0.29, 0.717) is 24.5 Å². The number of sulfonamides is 1. The van der Waals surface area contributed by atoms with Gasteiger partial charge in [0.15, 0.2) is 0 Å². The van der Waals surface area contributed by atoms with Gasteiger partial charge in [-0.25, -0.2) is 8.42 Å². The summed E-state index contributed by atoms with van der Waals surface area (Å²) < 4.78 is 26.7. The Bertz CT molecular complexity index is 662. The third kappa shape index (κ3) is 2.93. The molecule has 0 saturated carbocycles. The molecule has 2 heterocycles. The molecule has 2 aromatic heterocycles. The molecule has 0 aliphatic rings. The minimum Gasteiger partial charge on any atom is -0.314 e. The van der Waals surface area contributed by atoms with E-state index >= 15 is 0 Å². The molecule has 2 rings (SSSR count). The Morgan fingerprint density at radius 1 is 1.50 bits per heavy atom. The summed E-state index contributed by atoms with van der Waals surface area (Å²) in [6, 6.07) is 1.92. The first kappa shape index (κ1) is 15.2. The third-order valence-corrected chi connectivity index (χ3v) is 5.70. The number of hydrogen-bond donors (Lipinski definition) is 2. The van der Waals surface area contributed by atoms with Gasteiger partial charge in [-0.2, -0.15) is 20.7 Å². The standard InChI is InChI=1S/C12H18N4O2S2/c1-9-12(11(6-13-2)15-14-9)20(17,18)16(3)7-10-4-5-19-8-10/h4-5,8,13H,6-7H2,1-3H3,(H,14,15). The summed E-state index contributed by atoms with van der Waals surface area (Å²) in [7, 11) is -0.206. The van der Waals surface area contributed by atoms with E-state index in [1.807, 2.05) is 16.8 Å². The molecule has 8 heteroatoms. The number of hydrogen-bond acceptors (Lipinski definition) is 5. The summed E-state index contributed by atoms with van der Waals surface area (Å²) in [5.74, 6) is 0. The van der Waals surface area contributed by atoms with E-state index in [1.54, 1.807) is 32.4 Å². The zero-order valence-corrected chi connectivity index (χ0v) is 13.3. The molecule has 0 unspecified atom stereocenters. The van der Waals surface area contributed by atoms with Crippen LogP contribution in [-0.2, 0) is 23.1 Å². The maximum atomic E-state index is 12.7. The minimum atomic E-state index is -3.55. The average molecular weight is 314 g/mol. The van der Waals surface area contributed by atoms with E-state index in [9.17, 15) is 8.42 Å². The predicted octanol–water partition coefficient (Wildman–Crippen LogP) is 1.32. The van der Waals surface area contributed by atoms with Crippen molar-refractivity contribution in [3.8, 4) is 0 Å². The van der Waals surface area contributed by atoms with Gasteiger partial charge in [-0.3, -0.25) is 5.10 Å². The lowest BCUT2D eigenvalue weighted by Gasteiger charge is -2.17. The maximum absolute atomic E-state index is 12.7. The fraction of sp³-hybridized carbons (Fsp3) is 0.417. The topological polar surface area (TPSA) is 78.1 Å². The second-order valence-electron chi connectivity index (χ2n) is 4.55. The van der Waals surface area contributed by atoms with E-state index < -0.39 is 10.0 Å². The average Bonchev–Trinajstić information content (AvgIpc) is 3.00. The van der Waals surface area contributed by atoms with Crippen molar-refractivity contribution >= 4 is 21.4 Å². The van der Waals surface area contributed by atoms with Gasteiger partial charge >= 0.3 is 0 Å². The van der Waals surface area contributed by atoms with Gasteiger partial charge in [0.2, 0.25) is 10.0 Å². The van der Waals surface area contributed by atoms with Crippen LogP contribution in [0.1, 0.15) is 17.0 Å². The SMILES string of the molecule is CNCc1n[nH]c(C)c1S(=O)(=O)N(C)Cc1ccsc1. The summed E-state index contributed by atoms with van der Waals surface area (Å²) in [5.41, 5.74) is 2.06. The van der Waals surface area contributed by atoms with Gasteiger partial charge in [-0.05, 0) is 36.4 Å². The molecule has 0 aliphatic heterocycles. The Morgan fingerprint density at radius 2 is 2.25 bits per heavy atom. The van der Waals surface area contributed by atoms with Gasteiger partial charge < -0.3 is 5.32 Å². The Labute approximate surface area is 122 Å². The fourth-order valence-corrected chi connectivity index (χ4v) is 4.12. The van der Waals surface area contributed by atoms with Crippen molar-refractivity contribution in [1.29, 1.82) is 0 Å². The molecule has 0 aromatic carbocycles. The molecule has 0 saturated heterocycles. The monoisotopic (exact) mass is 314 g/mol. The van der Waals surface area contributed by atoms with E-state index in [4.69, 9.17) is 0 Å². The van der Waals surface area contributed by atoms with Crippen LogP contribution < -0.4 is 5.32 Å². The van der Waals surface area contributed by atoms with Crippen LogP contribution in [0.5, 0.6) is 0 Å². The molecule has 0 amide bonds. The van der Waals surface area contributed by atoms with Crippen LogP contribution in [0, 0.1) is 6.92 Å². The summed E-state index contributed by atoms with van der Waals surface area (Å²) in [6.07, 6.45) is 0. The van der Waals surface area contributed by atoms with Gasteiger partial charge in [0.25, 0.3) is 0 Å². The number of rotatable bonds is 6. The smallest absolute Gasteiger partial charge is 0.246 e. The highest BCUT2D eigenvalue weighted by Gasteiger charge is 2.28.